The van der Waals surface area contributed by atoms with Gasteiger partial charge in [0, 0.05) is 18.7 Å². The van der Waals surface area contributed by atoms with E-state index in [1.165, 1.54) is 5.57 Å². The molecule has 0 radical (unpaired) electrons. The first-order valence-corrected chi connectivity index (χ1v) is 9.44. The molecular weight excluding hydrogens is 342 g/mol. The molecule has 0 saturated carbocycles. The van der Waals surface area contributed by atoms with Crippen LogP contribution in [-0.4, -0.2) is 43.2 Å². The molecule has 5 nitrogen and oxygen atoms in total. The maximum Gasteiger partial charge on any atom is 0.289 e. The molecule has 2 aliphatic heterocycles. The van der Waals surface area contributed by atoms with Crippen LogP contribution in [0.15, 0.2) is 52.5 Å². The molecule has 0 bridgehead atoms. The zero-order chi connectivity index (χ0) is 18.9. The van der Waals surface area contributed by atoms with Crippen LogP contribution in [0.1, 0.15) is 36.7 Å². The van der Waals surface area contributed by atoms with E-state index in [1.54, 1.807) is 13.2 Å². The maximum atomic E-state index is 12.8. The van der Waals surface area contributed by atoms with Gasteiger partial charge in [0.05, 0.1) is 19.3 Å². The molecule has 1 saturated heterocycles. The van der Waals surface area contributed by atoms with E-state index in [-0.39, 0.29) is 11.5 Å². The van der Waals surface area contributed by atoms with Gasteiger partial charge in [0.1, 0.15) is 11.5 Å². The smallest absolute Gasteiger partial charge is 0.289 e. The summed E-state index contributed by atoms with van der Waals surface area (Å²) in [5.74, 6) is 1.80. The van der Waals surface area contributed by atoms with E-state index in [1.807, 2.05) is 35.2 Å². The van der Waals surface area contributed by atoms with Gasteiger partial charge in [-0.25, -0.2) is 0 Å². The Labute approximate surface area is 159 Å². The van der Waals surface area contributed by atoms with Gasteiger partial charge in [0.15, 0.2) is 5.76 Å². The van der Waals surface area contributed by atoms with E-state index >= 15 is 0 Å². The monoisotopic (exact) mass is 367 g/mol. The first-order chi connectivity index (χ1) is 13.1. The van der Waals surface area contributed by atoms with Gasteiger partial charge in [0.25, 0.3) is 5.91 Å². The Morgan fingerprint density at radius 1 is 1.11 bits per heavy atom. The Hall–Kier alpha value is -2.53. The van der Waals surface area contributed by atoms with Crippen molar-refractivity contribution in [2.45, 2.75) is 31.8 Å². The lowest BCUT2D eigenvalue weighted by Gasteiger charge is -2.41. The lowest BCUT2D eigenvalue weighted by Crippen LogP contribution is -2.48. The minimum absolute atomic E-state index is 0.0545. The molecule has 27 heavy (non-hydrogen) atoms. The van der Waals surface area contributed by atoms with Gasteiger partial charge in [-0.05, 0) is 62.6 Å². The molecule has 1 fully saturated rings. The van der Waals surface area contributed by atoms with Crippen molar-refractivity contribution in [2.24, 2.45) is 0 Å². The summed E-state index contributed by atoms with van der Waals surface area (Å²) in [6.45, 7) is 4.30. The Bertz CT molecular complexity index is 841. The molecule has 1 spiro atoms. The summed E-state index contributed by atoms with van der Waals surface area (Å²) in [7, 11) is 1.64. The van der Waals surface area contributed by atoms with Gasteiger partial charge in [0.2, 0.25) is 0 Å². The number of hydrogen-bond donors (Lipinski definition) is 0. The number of methoxy groups -OCH3 is 1. The number of furan rings is 1. The number of benzene rings is 1. The van der Waals surface area contributed by atoms with Crippen LogP contribution < -0.4 is 4.74 Å². The SMILES string of the molecule is COc1ccc(-c2ccc(C(=O)N3CCC4(C=C(C)CCO4)CC3)o2)cc1. The van der Waals surface area contributed by atoms with E-state index < -0.39 is 0 Å². The van der Waals surface area contributed by atoms with E-state index in [4.69, 9.17) is 13.9 Å². The minimum atomic E-state index is -0.184. The van der Waals surface area contributed by atoms with Gasteiger partial charge >= 0.3 is 0 Å². The van der Waals surface area contributed by atoms with E-state index in [9.17, 15) is 4.79 Å². The fourth-order valence-electron chi connectivity index (χ4n) is 3.87. The number of rotatable bonds is 3. The van der Waals surface area contributed by atoms with Gasteiger partial charge in [-0.1, -0.05) is 11.6 Å². The molecule has 1 amide bonds. The van der Waals surface area contributed by atoms with Gasteiger partial charge < -0.3 is 18.8 Å². The Balaban J connectivity index is 1.43. The number of carbonyl (C=O) groups is 1. The van der Waals surface area contributed by atoms with Crippen LogP contribution in [0.5, 0.6) is 5.75 Å². The summed E-state index contributed by atoms with van der Waals surface area (Å²) in [6, 6.07) is 11.2. The lowest BCUT2D eigenvalue weighted by atomic mass is 9.87. The van der Waals surface area contributed by atoms with Crippen LogP contribution in [-0.2, 0) is 4.74 Å². The Morgan fingerprint density at radius 3 is 2.52 bits per heavy atom. The molecule has 2 aliphatic rings. The van der Waals surface area contributed by atoms with Crippen molar-refractivity contribution in [2.75, 3.05) is 26.8 Å². The summed E-state index contributed by atoms with van der Waals surface area (Å²) in [5.41, 5.74) is 2.12. The van der Waals surface area contributed by atoms with Crippen LogP contribution in [0.2, 0.25) is 0 Å². The Kier molecular flexibility index (Phi) is 4.79. The summed E-state index contributed by atoms with van der Waals surface area (Å²) < 4.78 is 17.1. The second kappa shape index (κ2) is 7.24. The molecule has 4 rings (SSSR count). The van der Waals surface area contributed by atoms with Crippen molar-refractivity contribution >= 4 is 5.91 Å². The molecule has 1 aromatic carbocycles. The normalized spacial score (nSPS) is 19.0. The van der Waals surface area contributed by atoms with Crippen molar-refractivity contribution in [1.29, 1.82) is 0 Å². The molecule has 2 aromatic rings. The molecule has 3 heterocycles. The second-order valence-electron chi connectivity index (χ2n) is 7.34. The summed E-state index contributed by atoms with van der Waals surface area (Å²) in [5, 5.41) is 0. The standard InChI is InChI=1S/C22H25NO4/c1-16-9-14-26-22(15-16)10-12-23(13-11-22)21(24)20-8-7-19(27-20)17-3-5-18(25-2)6-4-17/h3-8,15H,9-14H2,1-2H3. The molecule has 0 N–H and O–H groups in total. The predicted octanol–water partition coefficient (Wildman–Crippen LogP) is 4.30. The molecule has 5 heteroatoms. The lowest BCUT2D eigenvalue weighted by molar-refractivity contribution is -0.0525. The zero-order valence-corrected chi connectivity index (χ0v) is 15.9. The minimum Gasteiger partial charge on any atom is -0.497 e. The van der Waals surface area contributed by atoms with Crippen LogP contribution in [0, 0.1) is 0 Å². The fraction of sp³-hybridized carbons (Fsp3) is 0.409. The van der Waals surface area contributed by atoms with Crippen LogP contribution in [0.3, 0.4) is 0 Å². The maximum absolute atomic E-state index is 12.8. The highest BCUT2D eigenvalue weighted by molar-refractivity contribution is 5.92. The predicted molar refractivity (Wildman–Crippen MR) is 103 cm³/mol. The third kappa shape index (κ3) is 3.65. The van der Waals surface area contributed by atoms with Gasteiger partial charge in [-0.3, -0.25) is 4.79 Å². The van der Waals surface area contributed by atoms with E-state index in [0.29, 0.717) is 24.6 Å². The number of ether oxygens (including phenoxy) is 2. The quantitative estimate of drug-likeness (QED) is 0.759. The highest BCUT2D eigenvalue weighted by Gasteiger charge is 2.37. The van der Waals surface area contributed by atoms with E-state index in [2.05, 4.69) is 13.0 Å². The average Bonchev–Trinajstić information content (AvgIpc) is 3.18. The van der Waals surface area contributed by atoms with Crippen molar-refractivity contribution in [1.82, 2.24) is 4.90 Å². The van der Waals surface area contributed by atoms with Crippen molar-refractivity contribution < 1.29 is 18.7 Å². The highest BCUT2D eigenvalue weighted by atomic mass is 16.5. The summed E-state index contributed by atoms with van der Waals surface area (Å²) in [4.78, 5) is 14.7. The summed E-state index contributed by atoms with van der Waals surface area (Å²) >= 11 is 0. The first-order valence-electron chi connectivity index (χ1n) is 9.44. The first kappa shape index (κ1) is 17.9. The third-order valence-electron chi connectivity index (χ3n) is 5.48. The number of carbonyl (C=O) groups excluding carboxylic acids is 1. The fourth-order valence-corrected chi connectivity index (χ4v) is 3.87. The largest absolute Gasteiger partial charge is 0.497 e. The number of likely N-dealkylation sites (tertiary alicyclic amines) is 1. The topological polar surface area (TPSA) is 51.9 Å². The molecule has 0 unspecified atom stereocenters. The number of piperidine rings is 1. The number of amides is 1. The van der Waals surface area contributed by atoms with Gasteiger partial charge in [-0.15, -0.1) is 0 Å². The number of nitrogens with zero attached hydrogens (tertiary/aromatic N) is 1. The Morgan fingerprint density at radius 2 is 1.85 bits per heavy atom. The third-order valence-corrected chi connectivity index (χ3v) is 5.48. The highest BCUT2D eigenvalue weighted by Crippen LogP contribution is 2.34. The molecule has 1 aromatic heterocycles. The molecule has 0 aliphatic carbocycles. The van der Waals surface area contributed by atoms with Crippen LogP contribution in [0.4, 0.5) is 0 Å². The van der Waals surface area contributed by atoms with Crippen molar-refractivity contribution in [3.63, 3.8) is 0 Å². The zero-order valence-electron chi connectivity index (χ0n) is 15.9. The molecular formula is C22H25NO4. The average molecular weight is 367 g/mol. The van der Waals surface area contributed by atoms with Crippen LogP contribution >= 0.6 is 0 Å². The second-order valence-corrected chi connectivity index (χ2v) is 7.34. The van der Waals surface area contributed by atoms with Crippen molar-refractivity contribution in [3.8, 4) is 17.1 Å². The van der Waals surface area contributed by atoms with Crippen molar-refractivity contribution in [3.05, 3.63) is 53.8 Å². The van der Waals surface area contributed by atoms with Crippen LogP contribution in [0.25, 0.3) is 11.3 Å². The van der Waals surface area contributed by atoms with E-state index in [0.717, 1.165) is 37.2 Å². The molecule has 0 atom stereocenters. The number of hydrogen-bond acceptors (Lipinski definition) is 4. The summed E-state index contributed by atoms with van der Waals surface area (Å²) in [6.07, 6.45) is 4.93. The molecule has 142 valence electrons. The van der Waals surface area contributed by atoms with Gasteiger partial charge in [-0.2, -0.15) is 0 Å².